The molecule has 12 rings (SSSR count). The zero-order chi connectivity index (χ0) is 34.2. The van der Waals surface area contributed by atoms with Gasteiger partial charge in [0.1, 0.15) is 0 Å². The smallest absolute Gasteiger partial charge is 0.179 e. The number of nitrogens with zero attached hydrogens (tertiary/aromatic N) is 1. The van der Waals surface area contributed by atoms with E-state index in [0.717, 1.165) is 0 Å². The molecule has 0 saturated carbocycles. The Balaban J connectivity index is 1.20. The molecule has 244 valence electrons. The number of aromatic nitrogens is 1. The summed E-state index contributed by atoms with van der Waals surface area (Å²) in [7, 11) is -2.71. The molecule has 0 N–H and O–H groups in total. The van der Waals surface area contributed by atoms with E-state index < -0.39 is 8.07 Å². The second-order valence-corrected chi connectivity index (χ2v) is 18.1. The monoisotopic (exact) mass is 677 g/mol. The number of hydrogen-bond acceptors (Lipinski definition) is 0. The third-order valence-electron chi connectivity index (χ3n) is 11.9. The van der Waals surface area contributed by atoms with Crippen molar-refractivity contribution in [3.63, 3.8) is 0 Å². The average molecular weight is 678 g/mol. The van der Waals surface area contributed by atoms with E-state index in [1.807, 2.05) is 0 Å². The molecule has 2 heteroatoms. The van der Waals surface area contributed by atoms with Crippen molar-refractivity contribution in [2.45, 2.75) is 11.8 Å². The maximum atomic E-state index is 2.54. The van der Waals surface area contributed by atoms with Crippen LogP contribution in [0.2, 0.25) is 0 Å². The van der Waals surface area contributed by atoms with E-state index in [9.17, 15) is 0 Å². The first kappa shape index (κ1) is 29.5. The van der Waals surface area contributed by atoms with E-state index in [4.69, 9.17) is 0 Å². The first-order valence-corrected chi connectivity index (χ1v) is 20.3. The normalized spacial score (nSPS) is 15.7. The first-order chi connectivity index (χ1) is 25.8. The van der Waals surface area contributed by atoms with Gasteiger partial charge in [-0.05, 0) is 78.4 Å². The molecule has 0 saturated heterocycles. The molecule has 0 amide bonds. The van der Waals surface area contributed by atoms with Crippen LogP contribution in [-0.2, 0) is 0 Å². The molecule has 0 atom stereocenters. The molecular weight excluding hydrogens is 643 g/mol. The van der Waals surface area contributed by atoms with Crippen LogP contribution in [0, 0.1) is 0 Å². The minimum atomic E-state index is -2.71. The van der Waals surface area contributed by atoms with E-state index in [1.54, 1.807) is 0 Å². The molecule has 2 bridgehead atoms. The van der Waals surface area contributed by atoms with Crippen LogP contribution >= 0.6 is 0 Å². The molecule has 0 unspecified atom stereocenters. The zero-order valence-electron chi connectivity index (χ0n) is 28.7. The number of benzene rings is 8. The second kappa shape index (κ2) is 11.4. The summed E-state index contributed by atoms with van der Waals surface area (Å²) in [6.07, 6.45) is 0. The van der Waals surface area contributed by atoms with E-state index >= 15 is 0 Å². The molecule has 3 aliphatic rings. The Morgan fingerprint density at radius 2 is 0.827 bits per heavy atom. The molecule has 1 heterocycles. The van der Waals surface area contributed by atoms with Gasteiger partial charge in [-0.15, -0.1) is 0 Å². The highest BCUT2D eigenvalue weighted by Crippen LogP contribution is 2.58. The lowest BCUT2D eigenvalue weighted by Crippen LogP contribution is -2.74. The van der Waals surface area contributed by atoms with Crippen molar-refractivity contribution in [3.05, 3.63) is 234 Å². The van der Waals surface area contributed by atoms with Crippen LogP contribution in [0.3, 0.4) is 0 Å². The lowest BCUT2D eigenvalue weighted by Gasteiger charge is -2.42. The molecule has 0 aliphatic heterocycles. The fraction of sp³-hybridized carbons (Fsp3) is 0.0400. The Hall–Kier alpha value is -6.22. The van der Waals surface area contributed by atoms with Crippen molar-refractivity contribution in [2.75, 3.05) is 0 Å². The highest BCUT2D eigenvalue weighted by atomic mass is 28.3. The van der Waals surface area contributed by atoms with E-state index in [1.165, 1.54) is 81.6 Å². The Labute approximate surface area is 305 Å². The quantitative estimate of drug-likeness (QED) is 0.127. The summed E-state index contributed by atoms with van der Waals surface area (Å²) >= 11 is 0. The van der Waals surface area contributed by atoms with Crippen LogP contribution in [-0.4, -0.2) is 12.6 Å². The lowest BCUT2D eigenvalue weighted by atomic mass is 9.60. The number of rotatable bonds is 5. The van der Waals surface area contributed by atoms with Crippen LogP contribution in [0.5, 0.6) is 0 Å². The predicted octanol–water partition coefficient (Wildman–Crippen LogP) is 9.15. The van der Waals surface area contributed by atoms with Gasteiger partial charge in [-0.2, -0.15) is 0 Å². The summed E-state index contributed by atoms with van der Waals surface area (Å²) in [6.45, 7) is 0. The third-order valence-corrected chi connectivity index (χ3v) is 16.7. The zero-order valence-corrected chi connectivity index (χ0v) is 29.7. The Kier molecular flexibility index (Phi) is 6.47. The van der Waals surface area contributed by atoms with Gasteiger partial charge in [0.2, 0.25) is 0 Å². The van der Waals surface area contributed by atoms with Gasteiger partial charge in [0, 0.05) is 28.3 Å². The predicted molar refractivity (Wildman–Crippen MR) is 219 cm³/mol. The number of para-hydroxylation sites is 1. The van der Waals surface area contributed by atoms with Crippen LogP contribution in [0.25, 0.3) is 27.5 Å². The van der Waals surface area contributed by atoms with E-state index in [0.29, 0.717) is 0 Å². The van der Waals surface area contributed by atoms with Crippen molar-refractivity contribution in [3.8, 4) is 5.69 Å². The minimum absolute atomic E-state index is 0.205. The third kappa shape index (κ3) is 3.99. The Bertz CT molecular complexity index is 2650. The summed E-state index contributed by atoms with van der Waals surface area (Å²) in [5.74, 6) is 0.451. The summed E-state index contributed by atoms with van der Waals surface area (Å²) in [5, 5.41) is 8.23. The maximum Gasteiger partial charge on any atom is 0.179 e. The minimum Gasteiger partial charge on any atom is -0.309 e. The SMILES string of the molecule is c1ccc([Si](c2ccccc2)(c2ccccc2)c2cccc(-n3c4ccccc4c4c5c(ccc43)C3c4ccccc4C5c4ccccc43)c2)cc1. The summed E-state index contributed by atoms with van der Waals surface area (Å²) in [5.41, 5.74) is 12.5. The van der Waals surface area contributed by atoms with Crippen molar-refractivity contribution in [1.29, 1.82) is 0 Å². The van der Waals surface area contributed by atoms with Crippen molar-refractivity contribution < 1.29 is 0 Å². The maximum absolute atomic E-state index is 2.71. The summed E-state index contributed by atoms with van der Waals surface area (Å²) < 4.78 is 2.54. The first-order valence-electron chi connectivity index (χ1n) is 18.3. The number of hydrogen-bond donors (Lipinski definition) is 0. The van der Waals surface area contributed by atoms with Crippen molar-refractivity contribution in [2.24, 2.45) is 0 Å². The Morgan fingerprint density at radius 1 is 0.346 bits per heavy atom. The Morgan fingerprint density at radius 3 is 1.40 bits per heavy atom. The lowest BCUT2D eigenvalue weighted by molar-refractivity contribution is 0.761. The van der Waals surface area contributed by atoms with Gasteiger partial charge in [0.25, 0.3) is 0 Å². The van der Waals surface area contributed by atoms with Gasteiger partial charge in [0.05, 0.1) is 11.0 Å². The second-order valence-electron chi connectivity index (χ2n) is 14.3. The molecular formula is C50H35NSi. The molecule has 0 spiro atoms. The van der Waals surface area contributed by atoms with Gasteiger partial charge in [0.15, 0.2) is 8.07 Å². The fourth-order valence-electron chi connectivity index (χ4n) is 9.94. The molecule has 52 heavy (non-hydrogen) atoms. The standard InChI is InChI=1S/C50H35NSi/c1-4-18-35(19-5-1)52(36-20-6-2-7-21-36,37-22-8-3-9-23-37)38-24-16-17-34(33-38)51-45-30-15-14-29-43(45)49-46(51)32-31-44-47-39-25-10-12-27-41(39)48(50(44)49)42-28-13-11-26-40(42)47/h1-33,47-48H. The van der Waals surface area contributed by atoms with E-state index in [-0.39, 0.29) is 11.8 Å². The highest BCUT2D eigenvalue weighted by molar-refractivity contribution is 7.19. The van der Waals surface area contributed by atoms with Gasteiger partial charge in [-0.25, -0.2) is 0 Å². The largest absolute Gasteiger partial charge is 0.309 e. The summed E-state index contributed by atoms with van der Waals surface area (Å²) in [6, 6.07) is 75.4. The fourth-order valence-corrected chi connectivity index (χ4v) is 14.7. The van der Waals surface area contributed by atoms with Crippen molar-refractivity contribution in [1.82, 2.24) is 4.57 Å². The molecule has 0 radical (unpaired) electrons. The molecule has 8 aromatic carbocycles. The highest BCUT2D eigenvalue weighted by Gasteiger charge is 2.43. The molecule has 0 fully saturated rings. The molecule has 1 aromatic heterocycles. The number of fused-ring (bicyclic) bond motifs is 3. The van der Waals surface area contributed by atoms with E-state index in [2.05, 4.69) is 205 Å². The van der Waals surface area contributed by atoms with Gasteiger partial charge in [-0.1, -0.05) is 176 Å². The van der Waals surface area contributed by atoms with Gasteiger partial charge in [-0.3, -0.25) is 0 Å². The van der Waals surface area contributed by atoms with Crippen LogP contribution in [0.4, 0.5) is 0 Å². The van der Waals surface area contributed by atoms with Gasteiger partial charge < -0.3 is 4.57 Å². The molecule has 1 nitrogen and oxygen atoms in total. The molecule has 9 aromatic rings. The topological polar surface area (TPSA) is 4.93 Å². The summed E-state index contributed by atoms with van der Waals surface area (Å²) in [4.78, 5) is 0. The van der Waals surface area contributed by atoms with Crippen LogP contribution in [0.1, 0.15) is 45.2 Å². The molecule has 3 aliphatic carbocycles. The van der Waals surface area contributed by atoms with Crippen LogP contribution in [0.15, 0.2) is 200 Å². The van der Waals surface area contributed by atoms with Crippen LogP contribution < -0.4 is 20.7 Å². The average Bonchev–Trinajstić information content (AvgIpc) is 3.57. The van der Waals surface area contributed by atoms with Gasteiger partial charge >= 0.3 is 0 Å². The van der Waals surface area contributed by atoms with Crippen molar-refractivity contribution >= 4 is 50.6 Å².